The topological polar surface area (TPSA) is 40.5 Å². The minimum Gasteiger partial charge on any atom is -0.512 e. The minimum absolute atomic E-state index is 0.0413. The Morgan fingerprint density at radius 2 is 2.00 bits per heavy atom. The largest absolute Gasteiger partial charge is 0.512 e. The van der Waals surface area contributed by atoms with Gasteiger partial charge in [0.2, 0.25) is 0 Å². The average Bonchev–Trinajstić information content (AvgIpc) is 2.14. The highest BCUT2D eigenvalue weighted by molar-refractivity contribution is 5.45. The molecule has 0 radical (unpaired) electrons. The van der Waals surface area contributed by atoms with Crippen molar-refractivity contribution in [2.24, 2.45) is 0 Å². The van der Waals surface area contributed by atoms with E-state index in [9.17, 15) is 4.39 Å². The van der Waals surface area contributed by atoms with E-state index in [1.807, 2.05) is 0 Å². The Morgan fingerprint density at radius 3 is 2.53 bits per heavy atom. The van der Waals surface area contributed by atoms with E-state index in [0.717, 1.165) is 6.08 Å². The van der Waals surface area contributed by atoms with Crippen LogP contribution >= 0.6 is 0 Å². The van der Waals surface area contributed by atoms with Gasteiger partial charge in [0, 0.05) is 12.5 Å². The summed E-state index contributed by atoms with van der Waals surface area (Å²) < 4.78 is 13.3. The van der Waals surface area contributed by atoms with E-state index >= 15 is 0 Å². The summed E-state index contributed by atoms with van der Waals surface area (Å²) in [6, 6.07) is 0. The molecule has 80 valence electrons. The highest BCUT2D eigenvalue weighted by atomic mass is 19.1. The molecule has 2 N–H and O–H groups in total. The van der Waals surface area contributed by atoms with Gasteiger partial charge in [0.1, 0.15) is 11.6 Å². The molecule has 0 spiro atoms. The molecule has 0 aliphatic heterocycles. The van der Waals surface area contributed by atoms with Crippen LogP contribution in [0.2, 0.25) is 0 Å². The van der Waals surface area contributed by atoms with E-state index in [0.29, 0.717) is 24.0 Å². The van der Waals surface area contributed by atoms with Gasteiger partial charge in [-0.25, -0.2) is 4.39 Å². The molecule has 2 nitrogen and oxygen atoms in total. The first-order chi connectivity index (χ1) is 7.00. The Bertz CT molecular complexity index is 386. The molecule has 15 heavy (non-hydrogen) atoms. The lowest BCUT2D eigenvalue weighted by Crippen LogP contribution is -1.97. The number of aliphatic hydroxyl groups excluding tert-OH is 2. The lowest BCUT2D eigenvalue weighted by atomic mass is 9.96. The molecule has 3 heteroatoms. The molecule has 0 saturated carbocycles. The van der Waals surface area contributed by atoms with Crippen molar-refractivity contribution in [1.82, 2.24) is 0 Å². The van der Waals surface area contributed by atoms with Gasteiger partial charge in [-0.05, 0) is 23.6 Å². The highest BCUT2D eigenvalue weighted by Gasteiger charge is 2.13. The first-order valence-electron chi connectivity index (χ1n) is 4.54. The second-order valence-corrected chi connectivity index (χ2v) is 3.31. The fourth-order valence-electron chi connectivity index (χ4n) is 1.29. The molecular formula is C12H13FO2. The summed E-state index contributed by atoms with van der Waals surface area (Å²) in [7, 11) is 0. The van der Waals surface area contributed by atoms with Crippen LogP contribution in [-0.4, -0.2) is 10.2 Å². The zero-order chi connectivity index (χ0) is 11.4. The summed E-state index contributed by atoms with van der Waals surface area (Å²) in [5, 5.41) is 17.9. The predicted octanol–water partition coefficient (Wildman–Crippen LogP) is 3.63. The molecular weight excluding hydrogens is 195 g/mol. The van der Waals surface area contributed by atoms with Crippen LogP contribution in [0.5, 0.6) is 0 Å². The van der Waals surface area contributed by atoms with E-state index in [1.165, 1.54) is 12.2 Å². The van der Waals surface area contributed by atoms with Gasteiger partial charge in [0.15, 0.2) is 0 Å². The Balaban J connectivity index is 2.85. The fraction of sp³-hybridized carbons (Fsp3) is 0.167. The second kappa shape index (κ2) is 4.64. The number of hydrogen-bond acceptors (Lipinski definition) is 2. The third-order valence-electron chi connectivity index (χ3n) is 2.08. The zero-order valence-electron chi connectivity index (χ0n) is 8.33. The van der Waals surface area contributed by atoms with Crippen LogP contribution in [0.25, 0.3) is 0 Å². The van der Waals surface area contributed by atoms with Crippen molar-refractivity contribution >= 4 is 0 Å². The Morgan fingerprint density at radius 1 is 1.33 bits per heavy atom. The maximum absolute atomic E-state index is 13.3. The van der Waals surface area contributed by atoms with Crippen LogP contribution < -0.4 is 0 Å². The predicted molar refractivity (Wildman–Crippen MR) is 58.1 cm³/mol. The monoisotopic (exact) mass is 208 g/mol. The Hall–Kier alpha value is -1.77. The van der Waals surface area contributed by atoms with Crippen molar-refractivity contribution in [2.45, 2.75) is 12.8 Å². The van der Waals surface area contributed by atoms with Gasteiger partial charge in [-0.2, -0.15) is 0 Å². The second-order valence-electron chi connectivity index (χ2n) is 3.31. The van der Waals surface area contributed by atoms with E-state index < -0.39 is 5.83 Å². The molecule has 0 aromatic heterocycles. The lowest BCUT2D eigenvalue weighted by molar-refractivity contribution is 0.380. The van der Waals surface area contributed by atoms with Crippen LogP contribution in [0.3, 0.4) is 0 Å². The summed E-state index contributed by atoms with van der Waals surface area (Å²) in [5.74, 6) is -0.539. The van der Waals surface area contributed by atoms with Crippen molar-refractivity contribution in [3.05, 3.63) is 59.9 Å². The number of aliphatic hydroxyl groups is 2. The van der Waals surface area contributed by atoms with E-state index in [1.54, 1.807) is 0 Å². The van der Waals surface area contributed by atoms with Crippen molar-refractivity contribution in [3.63, 3.8) is 0 Å². The van der Waals surface area contributed by atoms with Gasteiger partial charge in [0.05, 0.1) is 5.76 Å². The molecule has 0 atom stereocenters. The summed E-state index contributed by atoms with van der Waals surface area (Å²) in [6.07, 6.45) is 4.75. The van der Waals surface area contributed by atoms with E-state index in [2.05, 4.69) is 13.2 Å². The van der Waals surface area contributed by atoms with Gasteiger partial charge in [0.25, 0.3) is 0 Å². The van der Waals surface area contributed by atoms with Crippen molar-refractivity contribution < 1.29 is 14.6 Å². The van der Waals surface area contributed by atoms with Crippen molar-refractivity contribution in [2.75, 3.05) is 0 Å². The van der Waals surface area contributed by atoms with Gasteiger partial charge in [-0.1, -0.05) is 19.2 Å². The number of halogens is 1. The number of rotatable bonds is 3. The third-order valence-corrected chi connectivity index (χ3v) is 2.08. The molecule has 0 saturated heterocycles. The average molecular weight is 208 g/mol. The summed E-state index contributed by atoms with van der Waals surface area (Å²) in [4.78, 5) is 0. The molecule has 0 aromatic carbocycles. The minimum atomic E-state index is -0.475. The van der Waals surface area contributed by atoms with Crippen LogP contribution in [0, 0.1) is 0 Å². The zero-order valence-corrected chi connectivity index (χ0v) is 8.33. The van der Waals surface area contributed by atoms with Gasteiger partial charge in [-0.3, -0.25) is 0 Å². The SMILES string of the molecule is C=C(O)/C=C\C(=C)C1=C(F)C=C(O)CC1. The molecule has 1 aliphatic carbocycles. The van der Waals surface area contributed by atoms with Crippen LogP contribution in [-0.2, 0) is 0 Å². The van der Waals surface area contributed by atoms with Gasteiger partial charge in [-0.15, -0.1) is 0 Å². The maximum Gasteiger partial charge on any atom is 0.130 e. The third kappa shape index (κ3) is 3.13. The molecule has 0 bridgehead atoms. The molecule has 0 unspecified atom stereocenters. The van der Waals surface area contributed by atoms with Gasteiger partial charge >= 0.3 is 0 Å². The molecule has 0 fully saturated rings. The van der Waals surface area contributed by atoms with Crippen LogP contribution in [0.4, 0.5) is 4.39 Å². The van der Waals surface area contributed by atoms with E-state index in [-0.39, 0.29) is 11.5 Å². The quantitative estimate of drug-likeness (QED) is 0.549. The first kappa shape index (κ1) is 11.3. The normalized spacial score (nSPS) is 16.7. The van der Waals surface area contributed by atoms with Crippen LogP contribution in [0.1, 0.15) is 12.8 Å². The molecule has 1 aliphatic rings. The maximum atomic E-state index is 13.3. The fourth-order valence-corrected chi connectivity index (χ4v) is 1.29. The summed E-state index contributed by atoms with van der Waals surface area (Å²) in [6.45, 7) is 6.95. The van der Waals surface area contributed by atoms with Crippen LogP contribution in [0.15, 0.2) is 59.9 Å². The smallest absolute Gasteiger partial charge is 0.130 e. The standard InChI is InChI=1S/C12H13FO2/c1-8(3-4-9(2)14)11-6-5-10(15)7-12(11)13/h3-4,7,14-15H,1-2,5-6H2/b4-3-. The Kier molecular flexibility index (Phi) is 3.50. The highest BCUT2D eigenvalue weighted by Crippen LogP contribution is 2.28. The lowest BCUT2D eigenvalue weighted by Gasteiger charge is -2.12. The number of allylic oxidation sites excluding steroid dienone is 7. The molecule has 0 heterocycles. The molecule has 1 rings (SSSR count). The number of hydrogen-bond donors (Lipinski definition) is 2. The van der Waals surface area contributed by atoms with Gasteiger partial charge < -0.3 is 10.2 Å². The molecule has 0 aromatic rings. The van der Waals surface area contributed by atoms with Crippen molar-refractivity contribution in [1.29, 1.82) is 0 Å². The first-order valence-corrected chi connectivity index (χ1v) is 4.54. The van der Waals surface area contributed by atoms with Crippen molar-refractivity contribution in [3.8, 4) is 0 Å². The van der Waals surface area contributed by atoms with E-state index in [4.69, 9.17) is 10.2 Å². The molecule has 0 amide bonds. The summed E-state index contributed by atoms with van der Waals surface area (Å²) in [5.41, 5.74) is 0.928. The summed E-state index contributed by atoms with van der Waals surface area (Å²) >= 11 is 0. The Labute approximate surface area is 88.1 Å².